The standard InChI is InChI=1S/C27H28ClN3O3/c1-17-6-4-5-7-22(17)26(32)30-20-11-8-18(9-12-20)27(33)31-16-21(34-3)15-24(29-2)23-14-19(28)10-13-25(23)31/h4-14,21,24,29H,15-16H2,1-3H3,(H,30,32). The molecule has 2 atom stereocenters. The minimum absolute atomic E-state index is 0.00971. The monoisotopic (exact) mass is 477 g/mol. The summed E-state index contributed by atoms with van der Waals surface area (Å²) in [6, 6.07) is 20.0. The summed E-state index contributed by atoms with van der Waals surface area (Å²) in [4.78, 5) is 27.9. The van der Waals surface area contributed by atoms with Crippen molar-refractivity contribution in [2.45, 2.75) is 25.5 Å². The third kappa shape index (κ3) is 4.99. The number of carbonyl (C=O) groups is 2. The summed E-state index contributed by atoms with van der Waals surface area (Å²) in [5.74, 6) is -0.323. The van der Waals surface area contributed by atoms with E-state index in [4.69, 9.17) is 16.3 Å². The zero-order chi connectivity index (χ0) is 24.2. The van der Waals surface area contributed by atoms with Crippen LogP contribution in [0.3, 0.4) is 0 Å². The van der Waals surface area contributed by atoms with Crippen LogP contribution in [-0.2, 0) is 4.74 Å². The first-order valence-corrected chi connectivity index (χ1v) is 11.6. The first-order chi connectivity index (χ1) is 16.4. The summed E-state index contributed by atoms with van der Waals surface area (Å²) in [5, 5.41) is 6.84. The number of halogens is 1. The van der Waals surface area contributed by atoms with Crippen LogP contribution < -0.4 is 15.5 Å². The Kier molecular flexibility index (Phi) is 7.32. The average molecular weight is 478 g/mol. The molecule has 0 saturated heterocycles. The number of methoxy groups -OCH3 is 1. The Labute approximate surface area is 204 Å². The van der Waals surface area contributed by atoms with Crippen molar-refractivity contribution in [3.8, 4) is 0 Å². The van der Waals surface area contributed by atoms with Gasteiger partial charge in [-0.25, -0.2) is 0 Å². The molecule has 0 aromatic heterocycles. The van der Waals surface area contributed by atoms with Gasteiger partial charge in [-0.3, -0.25) is 9.59 Å². The van der Waals surface area contributed by atoms with Crippen molar-refractivity contribution in [2.75, 3.05) is 30.9 Å². The summed E-state index contributed by atoms with van der Waals surface area (Å²) >= 11 is 6.28. The topological polar surface area (TPSA) is 70.7 Å². The largest absolute Gasteiger partial charge is 0.380 e. The number of amides is 2. The summed E-state index contributed by atoms with van der Waals surface area (Å²) in [5.41, 5.74) is 4.44. The molecule has 2 unspecified atom stereocenters. The molecule has 3 aromatic carbocycles. The second-order valence-corrected chi connectivity index (χ2v) is 8.84. The van der Waals surface area contributed by atoms with E-state index in [0.717, 1.165) is 16.8 Å². The number of benzene rings is 3. The van der Waals surface area contributed by atoms with Gasteiger partial charge in [0.1, 0.15) is 0 Å². The van der Waals surface area contributed by atoms with Crippen LogP contribution in [0.2, 0.25) is 5.02 Å². The van der Waals surface area contributed by atoms with E-state index >= 15 is 0 Å². The van der Waals surface area contributed by atoms with Crippen LogP contribution in [0.25, 0.3) is 0 Å². The highest BCUT2D eigenvalue weighted by Gasteiger charge is 2.31. The predicted molar refractivity (Wildman–Crippen MR) is 136 cm³/mol. The van der Waals surface area contributed by atoms with Gasteiger partial charge in [0.2, 0.25) is 0 Å². The van der Waals surface area contributed by atoms with Crippen molar-refractivity contribution in [2.24, 2.45) is 0 Å². The van der Waals surface area contributed by atoms with Crippen LogP contribution >= 0.6 is 11.6 Å². The molecule has 1 heterocycles. The molecule has 4 rings (SSSR count). The van der Waals surface area contributed by atoms with Gasteiger partial charge in [-0.2, -0.15) is 0 Å². The molecule has 1 aliphatic heterocycles. The molecule has 3 aromatic rings. The van der Waals surface area contributed by atoms with Gasteiger partial charge in [0, 0.05) is 40.7 Å². The third-order valence-corrected chi connectivity index (χ3v) is 6.48. The lowest BCUT2D eigenvalue weighted by Gasteiger charge is -2.25. The zero-order valence-corrected chi connectivity index (χ0v) is 20.2. The number of fused-ring (bicyclic) bond motifs is 1. The molecule has 0 radical (unpaired) electrons. The second-order valence-electron chi connectivity index (χ2n) is 8.40. The Morgan fingerprint density at radius 2 is 1.79 bits per heavy atom. The van der Waals surface area contributed by atoms with Gasteiger partial charge >= 0.3 is 0 Å². The molecule has 7 heteroatoms. The maximum absolute atomic E-state index is 13.6. The molecule has 0 fully saturated rings. The van der Waals surface area contributed by atoms with E-state index in [0.29, 0.717) is 34.8 Å². The highest BCUT2D eigenvalue weighted by Crippen LogP contribution is 2.36. The molecule has 2 amide bonds. The zero-order valence-electron chi connectivity index (χ0n) is 19.5. The molecule has 0 bridgehead atoms. The van der Waals surface area contributed by atoms with Crippen LogP contribution in [0.4, 0.5) is 11.4 Å². The number of hydrogen-bond donors (Lipinski definition) is 2. The van der Waals surface area contributed by atoms with Crippen LogP contribution in [0, 0.1) is 6.92 Å². The van der Waals surface area contributed by atoms with Crippen LogP contribution in [-0.4, -0.2) is 38.6 Å². The first kappa shape index (κ1) is 24.0. The summed E-state index contributed by atoms with van der Waals surface area (Å²) in [6.45, 7) is 2.32. The van der Waals surface area contributed by atoms with Crippen LogP contribution in [0.5, 0.6) is 0 Å². The number of rotatable bonds is 5. The number of nitrogens with zero attached hydrogens (tertiary/aromatic N) is 1. The molecular weight excluding hydrogens is 450 g/mol. The molecular formula is C27H28ClN3O3. The molecule has 0 saturated carbocycles. The van der Waals surface area contributed by atoms with Crippen molar-refractivity contribution in [3.63, 3.8) is 0 Å². The minimum atomic E-state index is -0.184. The fourth-order valence-corrected chi connectivity index (χ4v) is 4.51. The van der Waals surface area contributed by atoms with Crippen molar-refractivity contribution in [1.29, 1.82) is 0 Å². The number of ether oxygens (including phenoxy) is 1. The second kappa shape index (κ2) is 10.4. The van der Waals surface area contributed by atoms with E-state index in [9.17, 15) is 9.59 Å². The maximum atomic E-state index is 13.6. The summed E-state index contributed by atoms with van der Waals surface area (Å²) < 4.78 is 5.68. The highest BCUT2D eigenvalue weighted by molar-refractivity contribution is 6.30. The lowest BCUT2D eigenvalue weighted by atomic mass is 10.0. The number of carbonyl (C=O) groups excluding carboxylic acids is 2. The van der Waals surface area contributed by atoms with Gasteiger partial charge in [-0.05, 0) is 80.1 Å². The Morgan fingerprint density at radius 1 is 1.06 bits per heavy atom. The van der Waals surface area contributed by atoms with Crippen molar-refractivity contribution in [1.82, 2.24) is 5.32 Å². The van der Waals surface area contributed by atoms with Crippen molar-refractivity contribution >= 4 is 34.8 Å². The van der Waals surface area contributed by atoms with E-state index in [-0.39, 0.29) is 24.0 Å². The molecule has 6 nitrogen and oxygen atoms in total. The molecule has 1 aliphatic rings. The lowest BCUT2D eigenvalue weighted by Crippen LogP contribution is -2.37. The number of hydrogen-bond acceptors (Lipinski definition) is 4. The van der Waals surface area contributed by atoms with E-state index < -0.39 is 0 Å². The Balaban J connectivity index is 1.59. The van der Waals surface area contributed by atoms with E-state index in [1.807, 2.05) is 44.3 Å². The molecule has 0 aliphatic carbocycles. The van der Waals surface area contributed by atoms with Gasteiger partial charge in [0.25, 0.3) is 11.8 Å². The normalized spacial score (nSPS) is 17.6. The van der Waals surface area contributed by atoms with Gasteiger partial charge in [0.15, 0.2) is 0 Å². The molecule has 0 spiro atoms. The van der Waals surface area contributed by atoms with Crippen molar-refractivity contribution in [3.05, 3.63) is 94.0 Å². The summed E-state index contributed by atoms with van der Waals surface area (Å²) in [7, 11) is 3.55. The highest BCUT2D eigenvalue weighted by atomic mass is 35.5. The van der Waals surface area contributed by atoms with Gasteiger partial charge in [-0.15, -0.1) is 0 Å². The minimum Gasteiger partial charge on any atom is -0.380 e. The van der Waals surface area contributed by atoms with Gasteiger partial charge in [0.05, 0.1) is 12.6 Å². The first-order valence-electron chi connectivity index (χ1n) is 11.2. The van der Waals surface area contributed by atoms with Crippen molar-refractivity contribution < 1.29 is 14.3 Å². The Bertz CT molecular complexity index is 1200. The van der Waals surface area contributed by atoms with Gasteiger partial charge < -0.3 is 20.3 Å². The summed E-state index contributed by atoms with van der Waals surface area (Å²) in [6.07, 6.45) is 0.578. The number of nitrogens with one attached hydrogen (secondary N) is 2. The molecule has 176 valence electrons. The fourth-order valence-electron chi connectivity index (χ4n) is 4.33. The third-order valence-electron chi connectivity index (χ3n) is 6.25. The number of aryl methyl sites for hydroxylation is 1. The average Bonchev–Trinajstić information content (AvgIpc) is 3.00. The van der Waals surface area contributed by atoms with Crippen LogP contribution in [0.1, 0.15) is 44.3 Å². The van der Waals surface area contributed by atoms with E-state index in [1.165, 1.54) is 0 Å². The number of anilines is 2. The Morgan fingerprint density at radius 3 is 2.47 bits per heavy atom. The van der Waals surface area contributed by atoms with Crippen LogP contribution in [0.15, 0.2) is 66.7 Å². The molecule has 2 N–H and O–H groups in total. The predicted octanol–water partition coefficient (Wildman–Crippen LogP) is 5.23. The SMILES string of the molecule is CNC1CC(OC)CN(C(=O)c2ccc(NC(=O)c3ccccc3C)cc2)c2ccc(Cl)cc21. The quantitative estimate of drug-likeness (QED) is 0.528. The smallest absolute Gasteiger partial charge is 0.258 e. The fraction of sp³-hybridized carbons (Fsp3) is 0.259. The maximum Gasteiger partial charge on any atom is 0.258 e. The van der Waals surface area contributed by atoms with E-state index in [2.05, 4.69) is 10.6 Å². The van der Waals surface area contributed by atoms with E-state index in [1.54, 1.807) is 48.4 Å². The lowest BCUT2D eigenvalue weighted by molar-refractivity contribution is 0.0840. The molecule has 34 heavy (non-hydrogen) atoms. The van der Waals surface area contributed by atoms with Gasteiger partial charge in [-0.1, -0.05) is 29.8 Å². The Hall–Kier alpha value is -3.19.